The maximum atomic E-state index is 13.4. The van der Waals surface area contributed by atoms with Gasteiger partial charge in [0.25, 0.3) is 5.91 Å². The third-order valence-electron chi connectivity index (χ3n) is 7.11. The van der Waals surface area contributed by atoms with Gasteiger partial charge in [-0.15, -0.1) is 0 Å². The molecule has 4 nitrogen and oxygen atoms in total. The molecule has 4 heteroatoms. The van der Waals surface area contributed by atoms with Crippen LogP contribution in [0, 0.1) is 26.7 Å². The summed E-state index contributed by atoms with van der Waals surface area (Å²) in [5.74, 6) is 1.44. The molecule has 1 aliphatic carbocycles. The van der Waals surface area contributed by atoms with Crippen molar-refractivity contribution in [2.75, 3.05) is 17.2 Å². The smallest absolute Gasteiger partial charge is 0.257 e. The van der Waals surface area contributed by atoms with Crippen LogP contribution in [0.15, 0.2) is 66.7 Å². The largest absolute Gasteiger partial charge is 0.494 e. The van der Waals surface area contributed by atoms with Crippen molar-refractivity contribution in [2.24, 2.45) is 5.92 Å². The molecule has 0 bridgehead atoms. The molecule has 1 amide bonds. The van der Waals surface area contributed by atoms with Crippen molar-refractivity contribution in [1.29, 1.82) is 0 Å². The first-order valence-corrected chi connectivity index (χ1v) is 12.1. The predicted molar refractivity (Wildman–Crippen MR) is 139 cm³/mol. The number of carbonyl (C=O) groups is 1. The Balaban J connectivity index is 1.50. The van der Waals surface area contributed by atoms with Crippen LogP contribution in [-0.2, 0) is 0 Å². The Hall–Kier alpha value is -3.53. The molecule has 1 heterocycles. The zero-order valence-corrected chi connectivity index (χ0v) is 20.3. The summed E-state index contributed by atoms with van der Waals surface area (Å²) in [6.45, 7) is 9.13. The van der Waals surface area contributed by atoms with Crippen LogP contribution in [-0.4, -0.2) is 12.5 Å². The van der Waals surface area contributed by atoms with Gasteiger partial charge in [-0.2, -0.15) is 0 Å². The average Bonchev–Trinajstić information content (AvgIpc) is 3.30. The van der Waals surface area contributed by atoms with E-state index in [0.717, 1.165) is 23.5 Å². The average molecular weight is 453 g/mol. The van der Waals surface area contributed by atoms with Gasteiger partial charge in [-0.25, -0.2) is 0 Å². The van der Waals surface area contributed by atoms with Gasteiger partial charge in [-0.05, 0) is 92.6 Å². The number of allylic oxidation sites excluding steroid dienone is 2. The summed E-state index contributed by atoms with van der Waals surface area (Å²) < 4.78 is 5.52. The van der Waals surface area contributed by atoms with Crippen molar-refractivity contribution in [2.45, 2.75) is 46.1 Å². The Labute approximate surface area is 202 Å². The summed E-state index contributed by atoms with van der Waals surface area (Å²) >= 11 is 0. The highest BCUT2D eigenvalue weighted by Gasteiger charge is 2.40. The number of amides is 1. The van der Waals surface area contributed by atoms with Crippen LogP contribution in [0.4, 0.5) is 11.4 Å². The molecule has 3 unspecified atom stereocenters. The summed E-state index contributed by atoms with van der Waals surface area (Å²) in [4.78, 5) is 13.4. The second kappa shape index (κ2) is 9.02. The molecular weight excluding hydrogens is 420 g/mol. The van der Waals surface area contributed by atoms with Crippen LogP contribution >= 0.6 is 0 Å². The summed E-state index contributed by atoms with van der Waals surface area (Å²) in [6.07, 6.45) is 5.66. The second-order valence-electron chi connectivity index (χ2n) is 9.47. The molecule has 5 rings (SSSR count). The number of hydrogen-bond acceptors (Lipinski definition) is 3. The molecule has 0 spiro atoms. The van der Waals surface area contributed by atoms with E-state index in [-0.39, 0.29) is 11.9 Å². The molecule has 0 saturated heterocycles. The third kappa shape index (κ3) is 3.98. The first kappa shape index (κ1) is 22.3. The fourth-order valence-electron chi connectivity index (χ4n) is 5.78. The Morgan fingerprint density at radius 3 is 2.50 bits per heavy atom. The first-order valence-electron chi connectivity index (χ1n) is 12.1. The highest BCUT2D eigenvalue weighted by molar-refractivity contribution is 6.08. The molecule has 2 N–H and O–H groups in total. The van der Waals surface area contributed by atoms with E-state index >= 15 is 0 Å². The van der Waals surface area contributed by atoms with Crippen LogP contribution in [0.25, 0.3) is 0 Å². The normalized spacial score (nSPS) is 20.3. The molecule has 0 radical (unpaired) electrons. The van der Waals surface area contributed by atoms with Crippen LogP contribution in [0.5, 0.6) is 5.75 Å². The highest BCUT2D eigenvalue weighted by Crippen LogP contribution is 2.51. The summed E-state index contributed by atoms with van der Waals surface area (Å²) in [5.41, 5.74) is 8.84. The first-order chi connectivity index (χ1) is 16.5. The van der Waals surface area contributed by atoms with Gasteiger partial charge in [-0.1, -0.05) is 42.0 Å². The minimum absolute atomic E-state index is 0.106. The Morgan fingerprint density at radius 2 is 1.79 bits per heavy atom. The van der Waals surface area contributed by atoms with E-state index in [9.17, 15) is 4.79 Å². The SMILES string of the molecule is CCOc1ccc(NC(=O)c2cccc3c2NC(c2c(C)cc(C)cc2C)C2CC=CC32)cc1. The molecule has 0 aromatic heterocycles. The van der Waals surface area contributed by atoms with Crippen LogP contribution in [0.2, 0.25) is 0 Å². The molecule has 174 valence electrons. The van der Waals surface area contributed by atoms with E-state index in [1.54, 1.807) is 0 Å². The maximum absolute atomic E-state index is 13.4. The third-order valence-corrected chi connectivity index (χ3v) is 7.11. The van der Waals surface area contributed by atoms with Gasteiger partial charge in [0.2, 0.25) is 0 Å². The van der Waals surface area contributed by atoms with Gasteiger partial charge in [0.1, 0.15) is 5.75 Å². The van der Waals surface area contributed by atoms with Crippen molar-refractivity contribution < 1.29 is 9.53 Å². The van der Waals surface area contributed by atoms with Gasteiger partial charge in [0, 0.05) is 11.6 Å². The number of rotatable bonds is 5. The topological polar surface area (TPSA) is 50.4 Å². The number of aryl methyl sites for hydroxylation is 3. The number of nitrogens with one attached hydrogen (secondary N) is 2. The zero-order valence-electron chi connectivity index (χ0n) is 20.3. The van der Waals surface area contributed by atoms with Crippen molar-refractivity contribution >= 4 is 17.3 Å². The fraction of sp³-hybridized carbons (Fsp3) is 0.300. The van der Waals surface area contributed by atoms with Crippen molar-refractivity contribution in [3.05, 3.63) is 100 Å². The van der Waals surface area contributed by atoms with Crippen LogP contribution < -0.4 is 15.4 Å². The number of carbonyl (C=O) groups excluding carboxylic acids is 1. The maximum Gasteiger partial charge on any atom is 0.257 e. The number of hydrogen-bond donors (Lipinski definition) is 2. The molecule has 3 aromatic carbocycles. The Kier molecular flexibility index (Phi) is 5.91. The molecule has 0 fully saturated rings. The fourth-order valence-corrected chi connectivity index (χ4v) is 5.78. The van der Waals surface area contributed by atoms with E-state index in [4.69, 9.17) is 4.74 Å². The van der Waals surface area contributed by atoms with E-state index in [1.165, 1.54) is 27.8 Å². The predicted octanol–water partition coefficient (Wildman–Crippen LogP) is 7.09. The standard InChI is InChI=1S/C30H32N2O2/c1-5-34-22-14-12-21(13-15-22)31-30(33)26-11-7-9-24-23-8-6-10-25(23)29(32-28(24)26)27-19(3)16-18(2)17-20(27)4/h6-9,11-17,23,25,29,32H,5,10H2,1-4H3,(H,31,33). The number of para-hydroxylation sites is 1. The molecule has 0 saturated carbocycles. The van der Waals surface area contributed by atoms with E-state index in [1.807, 2.05) is 43.3 Å². The zero-order chi connectivity index (χ0) is 23.8. The monoisotopic (exact) mass is 452 g/mol. The quantitative estimate of drug-likeness (QED) is 0.406. The van der Waals surface area contributed by atoms with Gasteiger partial charge in [0.05, 0.1) is 23.9 Å². The van der Waals surface area contributed by atoms with Crippen molar-refractivity contribution in [3.8, 4) is 5.75 Å². The lowest BCUT2D eigenvalue weighted by Gasteiger charge is -2.39. The number of ether oxygens (including phenoxy) is 1. The lowest BCUT2D eigenvalue weighted by molar-refractivity contribution is 0.102. The highest BCUT2D eigenvalue weighted by atomic mass is 16.5. The van der Waals surface area contributed by atoms with Gasteiger partial charge in [-0.3, -0.25) is 4.79 Å². The number of fused-ring (bicyclic) bond motifs is 3. The summed E-state index contributed by atoms with van der Waals surface area (Å²) in [7, 11) is 0. The van der Waals surface area contributed by atoms with Crippen molar-refractivity contribution in [3.63, 3.8) is 0 Å². The second-order valence-corrected chi connectivity index (χ2v) is 9.47. The Morgan fingerprint density at radius 1 is 1.06 bits per heavy atom. The molecule has 3 aromatic rings. The molecule has 3 atom stereocenters. The van der Waals surface area contributed by atoms with Crippen molar-refractivity contribution in [1.82, 2.24) is 0 Å². The van der Waals surface area contributed by atoms with Crippen LogP contribution in [0.1, 0.15) is 63.5 Å². The summed E-state index contributed by atoms with van der Waals surface area (Å²) in [5, 5.41) is 6.90. The minimum atomic E-state index is -0.106. The molecule has 34 heavy (non-hydrogen) atoms. The van der Waals surface area contributed by atoms with Gasteiger partial charge >= 0.3 is 0 Å². The van der Waals surface area contributed by atoms with Gasteiger partial charge in [0.15, 0.2) is 0 Å². The van der Waals surface area contributed by atoms with E-state index < -0.39 is 0 Å². The lowest BCUT2D eigenvalue weighted by atomic mass is 9.74. The minimum Gasteiger partial charge on any atom is -0.494 e. The number of benzene rings is 3. The molecular formula is C30H32N2O2. The van der Waals surface area contributed by atoms with E-state index in [2.05, 4.69) is 61.8 Å². The molecule has 2 aliphatic rings. The molecule has 1 aliphatic heterocycles. The van der Waals surface area contributed by atoms with Crippen LogP contribution in [0.3, 0.4) is 0 Å². The number of anilines is 2. The Bertz CT molecular complexity index is 1240. The van der Waals surface area contributed by atoms with Gasteiger partial charge < -0.3 is 15.4 Å². The summed E-state index contributed by atoms with van der Waals surface area (Å²) in [6, 6.07) is 18.3. The lowest BCUT2D eigenvalue weighted by Crippen LogP contribution is -2.32. The van der Waals surface area contributed by atoms with E-state index in [0.29, 0.717) is 24.0 Å².